The van der Waals surface area contributed by atoms with Crippen LogP contribution in [0, 0.1) is 12.7 Å². The van der Waals surface area contributed by atoms with Crippen molar-refractivity contribution in [2.24, 2.45) is 0 Å². The molecule has 4 heteroatoms. The van der Waals surface area contributed by atoms with Gasteiger partial charge in [0, 0.05) is 10.2 Å². The van der Waals surface area contributed by atoms with Crippen molar-refractivity contribution in [3.63, 3.8) is 0 Å². The summed E-state index contributed by atoms with van der Waals surface area (Å²) in [7, 11) is 0. The molecule has 0 aliphatic rings. The van der Waals surface area contributed by atoms with Crippen LogP contribution in [0.5, 0.6) is 0 Å². The molecule has 1 aromatic carbocycles. The van der Waals surface area contributed by atoms with Crippen molar-refractivity contribution in [2.45, 2.75) is 13.5 Å². The molecule has 1 aromatic heterocycles. The first-order valence-electron chi connectivity index (χ1n) is 5.27. The zero-order valence-electron chi connectivity index (χ0n) is 9.37. The largest absolute Gasteiger partial charge is 0.376 e. The fourth-order valence-corrected chi connectivity index (χ4v) is 2.03. The molecule has 0 aliphatic heterocycles. The van der Waals surface area contributed by atoms with E-state index < -0.39 is 0 Å². The molecule has 0 fully saturated rings. The van der Waals surface area contributed by atoms with Gasteiger partial charge in [0.1, 0.15) is 5.82 Å². The number of anilines is 1. The number of benzene rings is 1. The summed E-state index contributed by atoms with van der Waals surface area (Å²) in [5.41, 5.74) is 2.31. The second kappa shape index (κ2) is 5.27. The Morgan fingerprint density at radius 1 is 1.24 bits per heavy atom. The van der Waals surface area contributed by atoms with Crippen molar-refractivity contribution < 1.29 is 4.39 Å². The molecular formula is C13H12BrFN2. The third-order valence-electron chi connectivity index (χ3n) is 2.36. The lowest BCUT2D eigenvalue weighted by atomic mass is 10.2. The highest BCUT2D eigenvalue weighted by Crippen LogP contribution is 2.25. The minimum Gasteiger partial charge on any atom is -0.376 e. The van der Waals surface area contributed by atoms with Crippen LogP contribution in [0.4, 0.5) is 10.1 Å². The number of pyridine rings is 1. The van der Waals surface area contributed by atoms with Gasteiger partial charge in [-0.1, -0.05) is 12.1 Å². The molecular weight excluding hydrogens is 283 g/mol. The summed E-state index contributed by atoms with van der Waals surface area (Å²) in [6, 6.07) is 10.7. The fraction of sp³-hybridized carbons (Fsp3) is 0.154. The lowest BCUT2D eigenvalue weighted by Crippen LogP contribution is -2.04. The summed E-state index contributed by atoms with van der Waals surface area (Å²) in [5.74, 6) is -0.271. The fourth-order valence-electron chi connectivity index (χ4n) is 1.54. The molecule has 2 rings (SSSR count). The van der Waals surface area contributed by atoms with E-state index in [9.17, 15) is 4.39 Å². The molecule has 0 radical (unpaired) electrons. The first kappa shape index (κ1) is 12.0. The van der Waals surface area contributed by atoms with Gasteiger partial charge >= 0.3 is 0 Å². The van der Waals surface area contributed by atoms with Crippen LogP contribution >= 0.6 is 15.9 Å². The number of hydrogen-bond acceptors (Lipinski definition) is 2. The molecule has 0 aliphatic carbocycles. The van der Waals surface area contributed by atoms with Crippen LogP contribution < -0.4 is 5.32 Å². The van der Waals surface area contributed by atoms with E-state index in [0.29, 0.717) is 16.7 Å². The Balaban J connectivity index is 2.13. The minimum atomic E-state index is -0.271. The maximum Gasteiger partial charge on any atom is 0.147 e. The normalized spacial score (nSPS) is 10.3. The molecule has 17 heavy (non-hydrogen) atoms. The lowest BCUT2D eigenvalue weighted by Gasteiger charge is -2.09. The minimum absolute atomic E-state index is 0.271. The first-order chi connectivity index (χ1) is 8.16. The number of hydrogen-bond donors (Lipinski definition) is 1. The summed E-state index contributed by atoms with van der Waals surface area (Å²) in [4.78, 5) is 4.35. The smallest absolute Gasteiger partial charge is 0.147 e. The van der Waals surface area contributed by atoms with Crippen molar-refractivity contribution in [2.75, 3.05) is 5.32 Å². The van der Waals surface area contributed by atoms with Crippen LogP contribution in [0.15, 0.2) is 40.9 Å². The average molecular weight is 295 g/mol. The summed E-state index contributed by atoms with van der Waals surface area (Å²) in [5, 5.41) is 3.04. The average Bonchev–Trinajstić information content (AvgIpc) is 2.28. The number of nitrogens with one attached hydrogen (secondary N) is 1. The number of halogens is 2. The molecule has 0 atom stereocenters. The Morgan fingerprint density at radius 3 is 2.71 bits per heavy atom. The van der Waals surface area contributed by atoms with E-state index in [1.807, 2.05) is 25.1 Å². The molecule has 1 N–H and O–H groups in total. The standard InChI is InChI=1S/C13H12BrFN2/c1-9-4-2-5-10(17-9)8-16-13-11(14)6-3-7-12(13)15/h2-7,16H,8H2,1H3. The zero-order chi connectivity index (χ0) is 12.3. The molecule has 0 bridgehead atoms. The van der Waals surface area contributed by atoms with Crippen LogP contribution in [0.3, 0.4) is 0 Å². The van der Waals surface area contributed by atoms with E-state index in [-0.39, 0.29) is 5.82 Å². The van der Waals surface area contributed by atoms with Crippen molar-refractivity contribution in [3.8, 4) is 0 Å². The van der Waals surface area contributed by atoms with Gasteiger partial charge in [0.15, 0.2) is 0 Å². The highest BCUT2D eigenvalue weighted by molar-refractivity contribution is 9.10. The second-order valence-corrected chi connectivity index (χ2v) is 4.57. The predicted octanol–water partition coefficient (Wildman–Crippen LogP) is 3.90. The van der Waals surface area contributed by atoms with Crippen LogP contribution in [0.1, 0.15) is 11.4 Å². The van der Waals surface area contributed by atoms with Crippen molar-refractivity contribution in [3.05, 3.63) is 58.1 Å². The second-order valence-electron chi connectivity index (χ2n) is 3.72. The quantitative estimate of drug-likeness (QED) is 0.928. The van der Waals surface area contributed by atoms with Crippen LogP contribution in [0.2, 0.25) is 0 Å². The summed E-state index contributed by atoms with van der Waals surface area (Å²) in [6.07, 6.45) is 0. The maximum absolute atomic E-state index is 13.5. The van der Waals surface area contributed by atoms with Crippen LogP contribution in [0.25, 0.3) is 0 Å². The van der Waals surface area contributed by atoms with Gasteiger partial charge in [0.25, 0.3) is 0 Å². The zero-order valence-corrected chi connectivity index (χ0v) is 11.0. The molecule has 0 saturated heterocycles. The molecule has 1 heterocycles. The molecule has 0 unspecified atom stereocenters. The van der Waals surface area contributed by atoms with E-state index in [1.165, 1.54) is 6.07 Å². The number of nitrogens with zero attached hydrogens (tertiary/aromatic N) is 1. The van der Waals surface area contributed by atoms with E-state index >= 15 is 0 Å². The Bertz CT molecular complexity index is 508. The maximum atomic E-state index is 13.5. The number of para-hydroxylation sites is 1. The monoisotopic (exact) mass is 294 g/mol. The SMILES string of the molecule is Cc1cccc(CNc2c(F)cccc2Br)n1. The van der Waals surface area contributed by atoms with Crippen molar-refractivity contribution >= 4 is 21.6 Å². The Labute approximate surface area is 108 Å². The van der Waals surface area contributed by atoms with Gasteiger partial charge < -0.3 is 5.32 Å². The number of rotatable bonds is 3. The highest BCUT2D eigenvalue weighted by atomic mass is 79.9. The van der Waals surface area contributed by atoms with Gasteiger partial charge in [-0.3, -0.25) is 4.98 Å². The molecule has 0 saturated carbocycles. The molecule has 0 spiro atoms. The molecule has 2 aromatic rings. The first-order valence-corrected chi connectivity index (χ1v) is 6.06. The van der Waals surface area contributed by atoms with Crippen molar-refractivity contribution in [1.29, 1.82) is 0 Å². The number of aryl methyl sites for hydroxylation is 1. The van der Waals surface area contributed by atoms with Crippen LogP contribution in [-0.2, 0) is 6.54 Å². The predicted molar refractivity (Wildman–Crippen MR) is 70.4 cm³/mol. The topological polar surface area (TPSA) is 24.9 Å². The third kappa shape index (κ3) is 3.03. The van der Waals surface area contributed by atoms with Gasteiger partial charge in [-0.15, -0.1) is 0 Å². The molecule has 2 nitrogen and oxygen atoms in total. The van der Waals surface area contributed by atoms with E-state index in [2.05, 4.69) is 26.2 Å². The van der Waals surface area contributed by atoms with E-state index in [1.54, 1.807) is 12.1 Å². The lowest BCUT2D eigenvalue weighted by molar-refractivity contribution is 0.629. The number of aromatic nitrogens is 1. The van der Waals surface area contributed by atoms with Gasteiger partial charge in [-0.2, -0.15) is 0 Å². The summed E-state index contributed by atoms with van der Waals surface area (Å²) < 4.78 is 14.2. The molecule has 88 valence electrons. The summed E-state index contributed by atoms with van der Waals surface area (Å²) in [6.45, 7) is 2.43. The third-order valence-corrected chi connectivity index (χ3v) is 3.02. The van der Waals surface area contributed by atoms with Gasteiger partial charge in [0.05, 0.1) is 17.9 Å². The Kier molecular flexibility index (Phi) is 3.74. The van der Waals surface area contributed by atoms with E-state index in [4.69, 9.17) is 0 Å². The Morgan fingerprint density at radius 2 is 2.00 bits per heavy atom. The summed E-state index contributed by atoms with van der Waals surface area (Å²) >= 11 is 3.31. The van der Waals surface area contributed by atoms with E-state index in [0.717, 1.165) is 11.4 Å². The van der Waals surface area contributed by atoms with Crippen LogP contribution in [-0.4, -0.2) is 4.98 Å². The highest BCUT2D eigenvalue weighted by Gasteiger charge is 2.05. The van der Waals surface area contributed by atoms with Crippen molar-refractivity contribution in [1.82, 2.24) is 4.98 Å². The Hall–Kier alpha value is -1.42. The molecule has 0 amide bonds. The van der Waals surface area contributed by atoms with Gasteiger partial charge in [-0.25, -0.2) is 4.39 Å². The van der Waals surface area contributed by atoms with Gasteiger partial charge in [0.2, 0.25) is 0 Å². The van der Waals surface area contributed by atoms with Gasteiger partial charge in [-0.05, 0) is 47.1 Å².